The lowest BCUT2D eigenvalue weighted by molar-refractivity contribution is -0.113. The molecule has 0 atom stereocenters. The summed E-state index contributed by atoms with van der Waals surface area (Å²) in [4.78, 5) is 25.6. The van der Waals surface area contributed by atoms with Gasteiger partial charge in [0.25, 0.3) is 11.1 Å². The molecule has 0 spiro atoms. The Hall–Kier alpha value is -2.85. The van der Waals surface area contributed by atoms with Gasteiger partial charge in [0, 0.05) is 4.88 Å². The van der Waals surface area contributed by atoms with Gasteiger partial charge in [-0.2, -0.15) is 0 Å². The second-order valence-corrected chi connectivity index (χ2v) is 8.76. The van der Waals surface area contributed by atoms with E-state index in [4.69, 9.17) is 13.9 Å². The molecule has 1 N–H and O–H groups in total. The molecular formula is C21H23N3O5S2. The van der Waals surface area contributed by atoms with Crippen molar-refractivity contribution in [2.75, 3.05) is 17.7 Å². The third kappa shape index (κ3) is 6.08. The lowest BCUT2D eigenvalue weighted by Crippen LogP contribution is -2.16. The van der Waals surface area contributed by atoms with Crippen LogP contribution in [0.15, 0.2) is 33.9 Å². The summed E-state index contributed by atoms with van der Waals surface area (Å²) in [5, 5.41) is 11.4. The van der Waals surface area contributed by atoms with E-state index in [1.54, 1.807) is 6.92 Å². The van der Waals surface area contributed by atoms with Crippen molar-refractivity contribution in [2.45, 2.75) is 39.5 Å². The number of nitrogens with zero attached hydrogens (tertiary/aromatic N) is 2. The molecule has 10 heteroatoms. The zero-order valence-corrected chi connectivity index (χ0v) is 19.3. The number of ether oxygens (including phenoxy) is 2. The van der Waals surface area contributed by atoms with Crippen LogP contribution in [0.3, 0.4) is 0 Å². The Balaban J connectivity index is 1.53. The van der Waals surface area contributed by atoms with Gasteiger partial charge in [0.05, 0.1) is 17.9 Å². The van der Waals surface area contributed by atoms with Crippen LogP contribution in [0, 0.1) is 20.8 Å². The smallest absolute Gasteiger partial charge is 0.341 e. The van der Waals surface area contributed by atoms with Gasteiger partial charge in [0.2, 0.25) is 5.91 Å². The number of aromatic nitrogens is 2. The number of nitrogens with one attached hydrogen (secondary N) is 1. The van der Waals surface area contributed by atoms with Gasteiger partial charge < -0.3 is 19.2 Å². The van der Waals surface area contributed by atoms with E-state index >= 15 is 0 Å². The average Bonchev–Trinajstić information content (AvgIpc) is 3.30. The van der Waals surface area contributed by atoms with Crippen LogP contribution in [0.2, 0.25) is 0 Å². The van der Waals surface area contributed by atoms with Crippen molar-refractivity contribution < 1.29 is 23.5 Å². The number of hydrogen-bond donors (Lipinski definition) is 1. The summed E-state index contributed by atoms with van der Waals surface area (Å²) in [6.07, 6.45) is 0. The molecule has 164 valence electrons. The highest BCUT2D eigenvalue weighted by Gasteiger charge is 2.22. The first kappa shape index (κ1) is 22.8. The Morgan fingerprint density at radius 2 is 1.90 bits per heavy atom. The van der Waals surface area contributed by atoms with Crippen molar-refractivity contribution in [3.8, 4) is 5.75 Å². The molecule has 3 rings (SSSR count). The summed E-state index contributed by atoms with van der Waals surface area (Å²) in [6.45, 7) is 7.88. The molecule has 2 heterocycles. The zero-order valence-electron chi connectivity index (χ0n) is 17.7. The van der Waals surface area contributed by atoms with E-state index in [9.17, 15) is 9.59 Å². The molecule has 0 saturated heterocycles. The van der Waals surface area contributed by atoms with Gasteiger partial charge in [-0.05, 0) is 45.4 Å². The molecular weight excluding hydrogens is 438 g/mol. The SMILES string of the molecule is CCOC(=O)c1c(NC(=O)CSc2nnc(COc3ccc(C)cc3)o2)sc(C)c1C. The normalized spacial score (nSPS) is 10.7. The maximum absolute atomic E-state index is 12.4. The van der Waals surface area contributed by atoms with Crippen LogP contribution in [0.1, 0.15) is 39.2 Å². The number of hydrogen-bond acceptors (Lipinski definition) is 9. The number of esters is 1. The first-order valence-electron chi connectivity index (χ1n) is 9.59. The topological polar surface area (TPSA) is 104 Å². The third-order valence-electron chi connectivity index (χ3n) is 4.28. The van der Waals surface area contributed by atoms with E-state index in [0.717, 1.165) is 27.8 Å². The van der Waals surface area contributed by atoms with Gasteiger partial charge in [0.15, 0.2) is 6.61 Å². The summed E-state index contributed by atoms with van der Waals surface area (Å²) in [6, 6.07) is 7.63. The molecule has 0 aliphatic carbocycles. The van der Waals surface area contributed by atoms with Crippen LogP contribution in [-0.4, -0.2) is 34.4 Å². The zero-order chi connectivity index (χ0) is 22.4. The minimum atomic E-state index is -0.442. The number of anilines is 1. The van der Waals surface area contributed by atoms with Gasteiger partial charge in [-0.15, -0.1) is 21.5 Å². The number of benzene rings is 1. The quantitative estimate of drug-likeness (QED) is 0.366. The largest absolute Gasteiger partial charge is 0.484 e. The van der Waals surface area contributed by atoms with Crippen LogP contribution in [0.25, 0.3) is 0 Å². The fourth-order valence-electron chi connectivity index (χ4n) is 2.59. The number of thioether (sulfide) groups is 1. The Morgan fingerprint density at radius 1 is 1.16 bits per heavy atom. The van der Waals surface area contributed by atoms with E-state index in [0.29, 0.717) is 22.2 Å². The first-order chi connectivity index (χ1) is 14.9. The summed E-state index contributed by atoms with van der Waals surface area (Å²) in [5.74, 6) is 0.349. The predicted octanol–water partition coefficient (Wildman–Crippen LogP) is 4.54. The number of carbonyl (C=O) groups excluding carboxylic acids is 2. The third-order valence-corrected chi connectivity index (χ3v) is 6.22. The summed E-state index contributed by atoms with van der Waals surface area (Å²) >= 11 is 2.45. The van der Waals surface area contributed by atoms with Crippen molar-refractivity contribution in [3.05, 3.63) is 51.7 Å². The second-order valence-electron chi connectivity index (χ2n) is 6.61. The fraction of sp³-hybridized carbons (Fsp3) is 0.333. The number of rotatable bonds is 9. The van der Waals surface area contributed by atoms with Gasteiger partial charge in [0.1, 0.15) is 10.8 Å². The van der Waals surface area contributed by atoms with Gasteiger partial charge in [-0.3, -0.25) is 4.79 Å². The number of amides is 1. The number of carbonyl (C=O) groups is 2. The lowest BCUT2D eigenvalue weighted by atomic mass is 10.1. The Labute approximate surface area is 188 Å². The number of thiophene rings is 1. The van der Waals surface area contributed by atoms with Crippen molar-refractivity contribution in [2.24, 2.45) is 0 Å². The molecule has 3 aromatic rings. The molecule has 31 heavy (non-hydrogen) atoms. The fourth-order valence-corrected chi connectivity index (χ4v) is 4.23. The second kappa shape index (κ2) is 10.5. The molecule has 0 fully saturated rings. The molecule has 2 aromatic heterocycles. The van der Waals surface area contributed by atoms with Crippen LogP contribution in [0.4, 0.5) is 5.00 Å². The monoisotopic (exact) mass is 461 g/mol. The molecule has 0 bridgehead atoms. The number of aryl methyl sites for hydroxylation is 2. The molecule has 0 radical (unpaired) electrons. The Kier molecular flexibility index (Phi) is 7.69. The van der Waals surface area contributed by atoms with Crippen molar-refractivity contribution in [1.82, 2.24) is 10.2 Å². The van der Waals surface area contributed by atoms with E-state index in [1.807, 2.05) is 45.0 Å². The van der Waals surface area contributed by atoms with Crippen molar-refractivity contribution >= 4 is 40.0 Å². The molecule has 0 saturated carbocycles. The summed E-state index contributed by atoms with van der Waals surface area (Å²) < 4.78 is 16.2. The molecule has 0 aliphatic heterocycles. The van der Waals surface area contributed by atoms with E-state index in [-0.39, 0.29) is 30.1 Å². The highest BCUT2D eigenvalue weighted by molar-refractivity contribution is 7.99. The van der Waals surface area contributed by atoms with Gasteiger partial charge >= 0.3 is 5.97 Å². The summed E-state index contributed by atoms with van der Waals surface area (Å²) in [5.41, 5.74) is 2.35. The standard InChI is InChI=1S/C21H23N3O5S2/c1-5-27-20(26)18-13(3)14(4)31-19(18)22-16(25)11-30-21-24-23-17(29-21)10-28-15-8-6-12(2)7-9-15/h6-9H,5,10-11H2,1-4H3,(H,22,25). The van der Waals surface area contributed by atoms with Gasteiger partial charge in [-0.1, -0.05) is 29.5 Å². The molecule has 1 amide bonds. The van der Waals surface area contributed by atoms with Crippen molar-refractivity contribution in [3.63, 3.8) is 0 Å². The van der Waals surface area contributed by atoms with Crippen molar-refractivity contribution in [1.29, 1.82) is 0 Å². The first-order valence-corrected chi connectivity index (χ1v) is 11.4. The maximum Gasteiger partial charge on any atom is 0.341 e. The molecule has 0 unspecified atom stereocenters. The highest BCUT2D eigenvalue weighted by atomic mass is 32.2. The van der Waals surface area contributed by atoms with Crippen LogP contribution < -0.4 is 10.1 Å². The summed E-state index contributed by atoms with van der Waals surface area (Å²) in [7, 11) is 0. The van der Waals surface area contributed by atoms with Crippen LogP contribution in [0.5, 0.6) is 5.75 Å². The van der Waals surface area contributed by atoms with Crippen LogP contribution >= 0.6 is 23.1 Å². The Bertz CT molecular complexity index is 1060. The molecule has 8 nitrogen and oxygen atoms in total. The highest BCUT2D eigenvalue weighted by Crippen LogP contribution is 2.33. The molecule has 0 aliphatic rings. The van der Waals surface area contributed by atoms with E-state index in [1.165, 1.54) is 11.3 Å². The minimum absolute atomic E-state index is 0.0543. The van der Waals surface area contributed by atoms with E-state index < -0.39 is 5.97 Å². The van der Waals surface area contributed by atoms with Gasteiger partial charge in [-0.25, -0.2) is 4.79 Å². The maximum atomic E-state index is 12.4. The predicted molar refractivity (Wildman–Crippen MR) is 119 cm³/mol. The Morgan fingerprint density at radius 3 is 2.61 bits per heavy atom. The average molecular weight is 462 g/mol. The lowest BCUT2D eigenvalue weighted by Gasteiger charge is -2.06. The minimum Gasteiger partial charge on any atom is -0.484 e. The van der Waals surface area contributed by atoms with E-state index in [2.05, 4.69) is 15.5 Å². The molecule has 1 aromatic carbocycles. The van der Waals surface area contributed by atoms with Crippen LogP contribution in [-0.2, 0) is 16.1 Å².